The number of furan rings is 1. The van der Waals surface area contributed by atoms with Crippen LogP contribution < -0.4 is 14.4 Å². The van der Waals surface area contributed by atoms with Crippen LogP contribution in [0.5, 0.6) is 11.5 Å². The lowest BCUT2D eigenvalue weighted by Gasteiger charge is -2.26. The lowest BCUT2D eigenvalue weighted by Crippen LogP contribution is -2.31. The first-order valence-corrected chi connectivity index (χ1v) is 8.80. The predicted octanol–water partition coefficient (Wildman–Crippen LogP) is 3.19. The van der Waals surface area contributed by atoms with Crippen LogP contribution in [0.3, 0.4) is 0 Å². The van der Waals surface area contributed by atoms with Gasteiger partial charge in [0.1, 0.15) is 6.04 Å². The number of aliphatic hydroxyl groups excluding tert-OH is 1. The van der Waals surface area contributed by atoms with Gasteiger partial charge in [-0.3, -0.25) is 19.5 Å². The van der Waals surface area contributed by atoms with E-state index in [1.165, 1.54) is 17.2 Å². The van der Waals surface area contributed by atoms with Gasteiger partial charge >= 0.3 is 0 Å². The van der Waals surface area contributed by atoms with Gasteiger partial charge in [0.25, 0.3) is 5.91 Å². The predicted molar refractivity (Wildman–Crippen MR) is 99.7 cm³/mol. The number of amides is 1. The Morgan fingerprint density at radius 3 is 2.72 bits per heavy atom. The molecule has 5 rings (SSSR count). The van der Waals surface area contributed by atoms with Gasteiger partial charge in [-0.2, -0.15) is 0 Å². The van der Waals surface area contributed by atoms with Gasteiger partial charge in [0, 0.05) is 18.0 Å². The van der Waals surface area contributed by atoms with Crippen LogP contribution in [0.25, 0.3) is 0 Å². The maximum Gasteiger partial charge on any atom is 0.294 e. The molecule has 0 radical (unpaired) electrons. The van der Waals surface area contributed by atoms with Crippen molar-refractivity contribution in [3.8, 4) is 11.5 Å². The molecule has 0 fully saturated rings. The molecule has 0 saturated carbocycles. The summed E-state index contributed by atoms with van der Waals surface area (Å²) >= 11 is 0. The van der Waals surface area contributed by atoms with Crippen molar-refractivity contribution in [3.63, 3.8) is 0 Å². The van der Waals surface area contributed by atoms with Crippen molar-refractivity contribution < 1.29 is 28.6 Å². The number of ether oxygens (including phenoxy) is 2. The van der Waals surface area contributed by atoms with E-state index in [-0.39, 0.29) is 18.1 Å². The lowest BCUT2D eigenvalue weighted by molar-refractivity contribution is -0.117. The number of anilines is 1. The Labute approximate surface area is 164 Å². The molecular weight excluding hydrogens is 376 g/mol. The van der Waals surface area contributed by atoms with Gasteiger partial charge in [-0.15, -0.1) is 0 Å². The van der Waals surface area contributed by atoms with E-state index < -0.39 is 23.5 Å². The van der Waals surface area contributed by atoms with Gasteiger partial charge in [0.2, 0.25) is 12.6 Å². The highest BCUT2D eigenvalue weighted by Crippen LogP contribution is 2.44. The minimum absolute atomic E-state index is 0.0211. The minimum Gasteiger partial charge on any atom is -0.503 e. The van der Waals surface area contributed by atoms with E-state index in [0.717, 1.165) is 0 Å². The van der Waals surface area contributed by atoms with Crippen LogP contribution in [0.2, 0.25) is 0 Å². The fraction of sp³-hybridized carbons (Fsp3) is 0.0952. The third-order valence-corrected chi connectivity index (χ3v) is 4.80. The number of aliphatic hydroxyl groups is 1. The summed E-state index contributed by atoms with van der Waals surface area (Å²) in [5, 5.41) is 10.6. The van der Waals surface area contributed by atoms with Crippen LogP contribution in [0.15, 0.2) is 76.7 Å². The number of hydrogen-bond acceptors (Lipinski definition) is 7. The largest absolute Gasteiger partial charge is 0.503 e. The number of pyridine rings is 1. The Balaban J connectivity index is 1.65. The third-order valence-electron chi connectivity index (χ3n) is 4.80. The molecule has 1 aromatic carbocycles. The molecule has 1 unspecified atom stereocenters. The van der Waals surface area contributed by atoms with Crippen LogP contribution in [0.4, 0.5) is 5.69 Å². The maximum absolute atomic E-state index is 13.0. The highest BCUT2D eigenvalue weighted by molar-refractivity contribution is 6.20. The van der Waals surface area contributed by atoms with Crippen molar-refractivity contribution >= 4 is 17.4 Å². The summed E-state index contributed by atoms with van der Waals surface area (Å²) in [5.41, 5.74) is 0.766. The summed E-state index contributed by atoms with van der Waals surface area (Å²) in [7, 11) is 0. The van der Waals surface area contributed by atoms with Gasteiger partial charge in [-0.05, 0) is 36.4 Å². The van der Waals surface area contributed by atoms with Crippen LogP contribution in [0, 0.1) is 0 Å². The van der Waals surface area contributed by atoms with Gasteiger partial charge in [-0.1, -0.05) is 6.07 Å². The monoisotopic (exact) mass is 390 g/mol. The number of benzene rings is 1. The van der Waals surface area contributed by atoms with Gasteiger partial charge in [0.05, 0.1) is 17.5 Å². The summed E-state index contributed by atoms with van der Waals surface area (Å²) in [6.45, 7) is 0.0854. The minimum atomic E-state index is -0.929. The van der Waals surface area contributed by atoms with Gasteiger partial charge in [0.15, 0.2) is 23.0 Å². The molecule has 0 spiro atoms. The molecule has 144 valence electrons. The zero-order chi connectivity index (χ0) is 20.0. The molecule has 1 amide bonds. The molecule has 4 heterocycles. The average molecular weight is 390 g/mol. The quantitative estimate of drug-likeness (QED) is 0.683. The molecule has 0 aliphatic carbocycles. The SMILES string of the molecule is O=C(C1=C(O)C(=O)N(c2ccc3c(c2)OCO3)C1c1ccccn1)c1ccco1. The van der Waals surface area contributed by atoms with Crippen LogP contribution >= 0.6 is 0 Å². The number of ketones is 1. The van der Waals surface area contributed by atoms with Crippen molar-refractivity contribution in [1.82, 2.24) is 4.98 Å². The van der Waals surface area contributed by atoms with Gasteiger partial charge in [-0.25, -0.2) is 0 Å². The van der Waals surface area contributed by atoms with Crippen molar-refractivity contribution in [2.24, 2.45) is 0 Å². The summed E-state index contributed by atoms with van der Waals surface area (Å²) < 4.78 is 15.9. The summed E-state index contributed by atoms with van der Waals surface area (Å²) in [4.78, 5) is 31.7. The second-order valence-electron chi connectivity index (χ2n) is 6.44. The Morgan fingerprint density at radius 2 is 1.97 bits per heavy atom. The number of rotatable bonds is 4. The summed E-state index contributed by atoms with van der Waals surface area (Å²) in [5.74, 6) is -0.888. The summed E-state index contributed by atoms with van der Waals surface area (Å²) in [6, 6.07) is 12.2. The molecule has 3 aromatic rings. The van der Waals surface area contributed by atoms with E-state index in [2.05, 4.69) is 4.98 Å². The Bertz CT molecular complexity index is 1140. The smallest absolute Gasteiger partial charge is 0.294 e. The molecule has 1 N–H and O–H groups in total. The van der Waals surface area contributed by atoms with E-state index in [1.807, 2.05) is 0 Å². The molecule has 8 nitrogen and oxygen atoms in total. The zero-order valence-electron chi connectivity index (χ0n) is 14.9. The van der Waals surface area contributed by atoms with E-state index in [1.54, 1.807) is 48.7 Å². The second kappa shape index (κ2) is 6.52. The number of carbonyl (C=O) groups is 2. The van der Waals surface area contributed by atoms with Crippen LogP contribution in [-0.4, -0.2) is 28.6 Å². The van der Waals surface area contributed by atoms with Crippen molar-refractivity contribution in [3.05, 3.63) is 83.8 Å². The maximum atomic E-state index is 13.0. The van der Waals surface area contributed by atoms with Gasteiger partial charge < -0.3 is 19.0 Å². The molecule has 2 aromatic heterocycles. The number of hydrogen-bond donors (Lipinski definition) is 1. The van der Waals surface area contributed by atoms with E-state index in [9.17, 15) is 14.7 Å². The van der Waals surface area contributed by atoms with E-state index in [0.29, 0.717) is 22.9 Å². The number of Topliss-reactive ketones (excluding diaryl/α,β-unsaturated/α-hetero) is 1. The number of fused-ring (bicyclic) bond motifs is 1. The average Bonchev–Trinajstić information content (AvgIpc) is 3.48. The highest BCUT2D eigenvalue weighted by atomic mass is 16.7. The van der Waals surface area contributed by atoms with E-state index in [4.69, 9.17) is 13.9 Å². The first kappa shape index (κ1) is 17.1. The molecule has 2 aliphatic rings. The second-order valence-corrected chi connectivity index (χ2v) is 6.44. The fourth-order valence-corrected chi connectivity index (χ4v) is 3.50. The fourth-order valence-electron chi connectivity index (χ4n) is 3.50. The molecular formula is C21H14N2O6. The number of nitrogens with zero attached hydrogens (tertiary/aromatic N) is 2. The zero-order valence-corrected chi connectivity index (χ0v) is 14.9. The Hall–Kier alpha value is -4.07. The Morgan fingerprint density at radius 1 is 1.10 bits per heavy atom. The molecule has 0 bridgehead atoms. The molecule has 29 heavy (non-hydrogen) atoms. The molecule has 2 aliphatic heterocycles. The first-order valence-electron chi connectivity index (χ1n) is 8.80. The van der Waals surface area contributed by atoms with E-state index >= 15 is 0 Å². The van der Waals surface area contributed by atoms with Crippen molar-refractivity contribution in [2.75, 3.05) is 11.7 Å². The topological polar surface area (TPSA) is 102 Å². The normalized spacial score (nSPS) is 17.9. The molecule has 8 heteroatoms. The summed E-state index contributed by atoms with van der Waals surface area (Å²) in [6.07, 6.45) is 2.91. The molecule has 0 saturated heterocycles. The first-order chi connectivity index (χ1) is 14.1. The van der Waals surface area contributed by atoms with Crippen LogP contribution in [-0.2, 0) is 4.79 Å². The highest BCUT2D eigenvalue weighted by Gasteiger charge is 2.46. The number of aromatic nitrogens is 1. The third kappa shape index (κ3) is 2.65. The molecule has 1 atom stereocenters. The number of carbonyl (C=O) groups excluding carboxylic acids is 2. The van der Waals surface area contributed by atoms with Crippen molar-refractivity contribution in [1.29, 1.82) is 0 Å². The van der Waals surface area contributed by atoms with Crippen molar-refractivity contribution in [2.45, 2.75) is 6.04 Å². The lowest BCUT2D eigenvalue weighted by atomic mass is 9.98. The standard InChI is InChI=1S/C21H14N2O6/c24-19(15-5-3-9-27-15)17-18(13-4-1-2-8-22-13)23(21(26)20(17)25)12-6-7-14-16(10-12)29-11-28-14/h1-10,18,25H,11H2. The Kier molecular flexibility index (Phi) is 3.83. The van der Waals surface area contributed by atoms with Crippen LogP contribution in [0.1, 0.15) is 22.3 Å².